The smallest absolute Gasteiger partial charge is 0.320 e. The lowest BCUT2D eigenvalue weighted by atomic mass is 9.99. The molecule has 4 nitrogen and oxygen atoms in total. The minimum absolute atomic E-state index is 0.0512. The highest BCUT2D eigenvalue weighted by Crippen LogP contribution is 2.27. The second kappa shape index (κ2) is 5.83. The second-order valence-electron chi connectivity index (χ2n) is 5.57. The molecule has 24 heavy (non-hydrogen) atoms. The Morgan fingerprint density at radius 2 is 1.88 bits per heavy atom. The van der Waals surface area contributed by atoms with E-state index in [1.54, 1.807) is 0 Å². The molecule has 1 aliphatic heterocycles. The topological polar surface area (TPSA) is 45.2 Å². The van der Waals surface area contributed by atoms with Gasteiger partial charge in [0.2, 0.25) is 0 Å². The Hall–Kier alpha value is -2.54. The highest BCUT2D eigenvalue weighted by Gasteiger charge is 2.25. The normalized spacial score (nSPS) is 13.8. The Labute approximate surface area is 140 Å². The molecule has 2 aromatic carbocycles. The van der Waals surface area contributed by atoms with Crippen LogP contribution in [0.3, 0.4) is 0 Å². The molecule has 4 rings (SSSR count). The van der Waals surface area contributed by atoms with Gasteiger partial charge in [0.25, 0.3) is 0 Å². The van der Waals surface area contributed by atoms with Gasteiger partial charge in [0.1, 0.15) is 11.6 Å². The van der Waals surface area contributed by atoms with Gasteiger partial charge in [-0.1, -0.05) is 23.5 Å². The summed E-state index contributed by atoms with van der Waals surface area (Å²) in [7, 11) is 0. The Morgan fingerprint density at radius 3 is 2.67 bits per heavy atom. The zero-order valence-corrected chi connectivity index (χ0v) is 13.4. The van der Waals surface area contributed by atoms with Crippen LogP contribution in [0.4, 0.5) is 18.7 Å². The van der Waals surface area contributed by atoms with Crippen LogP contribution in [0.15, 0.2) is 36.4 Å². The number of benzene rings is 2. The summed E-state index contributed by atoms with van der Waals surface area (Å²) in [6, 6.07) is 9.46. The molecule has 0 atom stereocenters. The van der Waals surface area contributed by atoms with E-state index in [0.717, 1.165) is 22.3 Å². The molecule has 1 aliphatic rings. The van der Waals surface area contributed by atoms with Crippen LogP contribution in [-0.4, -0.2) is 22.5 Å². The van der Waals surface area contributed by atoms with Gasteiger partial charge in [-0.3, -0.25) is 5.32 Å². The number of hydrogen-bond donors (Lipinski definition) is 1. The van der Waals surface area contributed by atoms with Crippen molar-refractivity contribution in [2.24, 2.45) is 0 Å². The van der Waals surface area contributed by atoms with Gasteiger partial charge in [-0.15, -0.1) is 0 Å². The van der Waals surface area contributed by atoms with E-state index in [4.69, 9.17) is 0 Å². The predicted molar refractivity (Wildman–Crippen MR) is 89.1 cm³/mol. The minimum Gasteiger partial charge on any atom is -0.320 e. The van der Waals surface area contributed by atoms with Crippen molar-refractivity contribution in [3.8, 4) is 0 Å². The summed E-state index contributed by atoms with van der Waals surface area (Å²) in [5, 5.41) is 3.24. The van der Waals surface area contributed by atoms with E-state index in [0.29, 0.717) is 23.7 Å². The number of carbonyl (C=O) groups is 1. The van der Waals surface area contributed by atoms with Crippen molar-refractivity contribution >= 4 is 32.7 Å². The fraction of sp³-hybridized carbons (Fsp3) is 0.176. The fourth-order valence-electron chi connectivity index (χ4n) is 2.86. The van der Waals surface area contributed by atoms with E-state index in [9.17, 15) is 13.6 Å². The van der Waals surface area contributed by atoms with E-state index < -0.39 is 11.6 Å². The standard InChI is InChI=1S/C17H13F2N3OS/c18-12-5-6-13(19)11-9-22(8-7-10(11)12)17(23)21-16-20-14-3-1-2-4-15(14)24-16/h1-6H,7-9H2,(H,20,21,23). The van der Waals surface area contributed by atoms with E-state index in [1.807, 2.05) is 24.3 Å². The predicted octanol–water partition coefficient (Wildman–Crippen LogP) is 4.16. The minimum atomic E-state index is -0.483. The number of nitrogens with zero attached hydrogens (tertiary/aromatic N) is 2. The summed E-state index contributed by atoms with van der Waals surface area (Å²) in [5.74, 6) is -0.901. The summed E-state index contributed by atoms with van der Waals surface area (Å²) >= 11 is 1.38. The number of para-hydroxylation sites is 1. The molecule has 0 bridgehead atoms. The molecule has 0 aliphatic carbocycles. The van der Waals surface area contributed by atoms with Crippen LogP contribution in [0, 0.1) is 11.6 Å². The number of amides is 2. The van der Waals surface area contributed by atoms with Gasteiger partial charge < -0.3 is 4.90 Å². The molecule has 2 amide bonds. The van der Waals surface area contributed by atoms with Gasteiger partial charge in [0, 0.05) is 12.1 Å². The van der Waals surface area contributed by atoms with Gasteiger partial charge in [-0.05, 0) is 36.2 Å². The van der Waals surface area contributed by atoms with Crippen molar-refractivity contribution in [1.29, 1.82) is 0 Å². The zero-order chi connectivity index (χ0) is 16.7. The van der Waals surface area contributed by atoms with Crippen LogP contribution in [0.5, 0.6) is 0 Å². The molecular formula is C17H13F2N3OS. The molecule has 0 unspecified atom stereocenters. The molecule has 0 saturated heterocycles. The average molecular weight is 345 g/mol. The first-order chi connectivity index (χ1) is 11.6. The lowest BCUT2D eigenvalue weighted by Gasteiger charge is -2.29. The molecule has 1 N–H and O–H groups in total. The number of fused-ring (bicyclic) bond motifs is 2. The number of aromatic nitrogens is 1. The molecule has 2 heterocycles. The van der Waals surface area contributed by atoms with Crippen molar-refractivity contribution < 1.29 is 13.6 Å². The third kappa shape index (κ3) is 2.60. The number of rotatable bonds is 1. The monoisotopic (exact) mass is 345 g/mol. The van der Waals surface area contributed by atoms with Crippen LogP contribution in [0.25, 0.3) is 10.2 Å². The summed E-state index contributed by atoms with van der Waals surface area (Å²) < 4.78 is 28.6. The van der Waals surface area contributed by atoms with E-state index >= 15 is 0 Å². The van der Waals surface area contributed by atoms with Gasteiger partial charge in [-0.25, -0.2) is 18.6 Å². The Morgan fingerprint density at radius 1 is 1.12 bits per heavy atom. The molecule has 1 aromatic heterocycles. The van der Waals surface area contributed by atoms with Crippen LogP contribution in [0.2, 0.25) is 0 Å². The number of carbonyl (C=O) groups excluding carboxylic acids is 1. The number of anilines is 1. The lowest BCUT2D eigenvalue weighted by Crippen LogP contribution is -2.39. The summed E-state index contributed by atoms with van der Waals surface area (Å²) in [4.78, 5) is 18.2. The van der Waals surface area contributed by atoms with Crippen molar-refractivity contribution in [2.45, 2.75) is 13.0 Å². The first kappa shape index (κ1) is 15.0. The molecule has 122 valence electrons. The number of hydrogen-bond acceptors (Lipinski definition) is 3. The Kier molecular flexibility index (Phi) is 3.65. The van der Waals surface area contributed by atoms with Crippen molar-refractivity contribution in [3.63, 3.8) is 0 Å². The lowest BCUT2D eigenvalue weighted by molar-refractivity contribution is 0.204. The molecule has 7 heteroatoms. The maximum atomic E-state index is 13.9. The van der Waals surface area contributed by atoms with Gasteiger partial charge in [-0.2, -0.15) is 0 Å². The van der Waals surface area contributed by atoms with E-state index in [2.05, 4.69) is 10.3 Å². The highest BCUT2D eigenvalue weighted by molar-refractivity contribution is 7.22. The van der Waals surface area contributed by atoms with Crippen LogP contribution in [-0.2, 0) is 13.0 Å². The average Bonchev–Trinajstić information content (AvgIpc) is 3.00. The fourth-order valence-corrected chi connectivity index (χ4v) is 3.72. The molecule has 3 aromatic rings. The summed E-state index contributed by atoms with van der Waals surface area (Å²) in [6.07, 6.45) is 0.298. The third-order valence-electron chi connectivity index (χ3n) is 4.09. The molecule has 0 saturated carbocycles. The summed E-state index contributed by atoms with van der Waals surface area (Å²) in [6.45, 7) is 0.389. The maximum absolute atomic E-state index is 13.9. The maximum Gasteiger partial charge on any atom is 0.323 e. The number of nitrogens with one attached hydrogen (secondary N) is 1. The van der Waals surface area contributed by atoms with Crippen molar-refractivity contribution in [3.05, 3.63) is 59.2 Å². The quantitative estimate of drug-likeness (QED) is 0.720. The Balaban J connectivity index is 1.54. The first-order valence-electron chi connectivity index (χ1n) is 7.49. The zero-order valence-electron chi connectivity index (χ0n) is 12.6. The first-order valence-corrected chi connectivity index (χ1v) is 8.31. The van der Waals surface area contributed by atoms with Crippen molar-refractivity contribution in [2.75, 3.05) is 11.9 Å². The van der Waals surface area contributed by atoms with Crippen LogP contribution in [0.1, 0.15) is 11.1 Å². The van der Waals surface area contributed by atoms with Gasteiger partial charge in [0.05, 0.1) is 16.8 Å². The highest BCUT2D eigenvalue weighted by atomic mass is 32.1. The second-order valence-corrected chi connectivity index (χ2v) is 6.61. The SMILES string of the molecule is O=C(Nc1nc2ccccc2s1)N1CCc2c(F)ccc(F)c2C1. The van der Waals surface area contributed by atoms with Crippen molar-refractivity contribution in [1.82, 2.24) is 9.88 Å². The van der Waals surface area contributed by atoms with Crippen LogP contribution >= 0.6 is 11.3 Å². The molecular weight excluding hydrogens is 332 g/mol. The van der Waals surface area contributed by atoms with Gasteiger partial charge >= 0.3 is 6.03 Å². The Bertz CT molecular complexity index is 908. The van der Waals surface area contributed by atoms with E-state index in [-0.39, 0.29) is 18.1 Å². The number of thiazole rings is 1. The molecule has 0 radical (unpaired) electrons. The van der Waals surface area contributed by atoms with E-state index in [1.165, 1.54) is 16.2 Å². The number of urea groups is 1. The number of halogens is 2. The van der Waals surface area contributed by atoms with Gasteiger partial charge in [0.15, 0.2) is 5.13 Å². The molecule has 0 fully saturated rings. The summed E-state index contributed by atoms with van der Waals surface area (Å²) in [5.41, 5.74) is 1.43. The third-order valence-corrected chi connectivity index (χ3v) is 5.04. The largest absolute Gasteiger partial charge is 0.323 e. The molecule has 0 spiro atoms. The van der Waals surface area contributed by atoms with Crippen LogP contribution < -0.4 is 5.32 Å².